The van der Waals surface area contributed by atoms with E-state index in [1.165, 1.54) is 25.7 Å². The number of esters is 1. The summed E-state index contributed by atoms with van der Waals surface area (Å²) in [5, 5.41) is 0. The average molecular weight is 505 g/mol. The number of ether oxygens (including phenoxy) is 3. The molecule has 0 aliphatic heterocycles. The maximum absolute atomic E-state index is 12.6. The molecule has 0 spiro atoms. The molecule has 37 heavy (non-hydrogen) atoms. The molecular weight excluding hydrogens is 464 g/mol. The number of hydrogen-bond acceptors (Lipinski definition) is 6. The lowest BCUT2D eigenvalue weighted by atomic mass is 10.1. The van der Waals surface area contributed by atoms with Crippen LogP contribution in [0, 0.1) is 0 Å². The van der Waals surface area contributed by atoms with Crippen molar-refractivity contribution in [3.63, 3.8) is 0 Å². The van der Waals surface area contributed by atoms with Crippen molar-refractivity contribution in [1.82, 2.24) is 9.97 Å². The van der Waals surface area contributed by atoms with Crippen molar-refractivity contribution in [1.29, 1.82) is 0 Å². The van der Waals surface area contributed by atoms with Gasteiger partial charge in [-0.25, -0.2) is 14.8 Å². The van der Waals surface area contributed by atoms with E-state index in [0.29, 0.717) is 29.4 Å². The fraction of sp³-hybridized carbons (Fsp3) is 0.452. The molecule has 6 nitrogen and oxygen atoms in total. The predicted octanol–water partition coefficient (Wildman–Crippen LogP) is 7.66. The lowest BCUT2D eigenvalue weighted by molar-refractivity contribution is -0.146. The Morgan fingerprint density at radius 3 is 2.54 bits per heavy atom. The van der Waals surface area contributed by atoms with Crippen molar-refractivity contribution in [3.8, 4) is 34.1 Å². The van der Waals surface area contributed by atoms with Crippen LogP contribution in [0.3, 0.4) is 0 Å². The maximum Gasteiger partial charge on any atom is 0.340 e. The van der Waals surface area contributed by atoms with E-state index in [0.717, 1.165) is 30.6 Å². The van der Waals surface area contributed by atoms with Gasteiger partial charge in [0.05, 0.1) is 11.8 Å². The van der Waals surface area contributed by atoms with Gasteiger partial charge in [0.15, 0.2) is 11.9 Å². The molecule has 0 aliphatic rings. The van der Waals surface area contributed by atoms with E-state index < -0.39 is 12.1 Å². The Labute approximate surface area is 221 Å². The van der Waals surface area contributed by atoms with Crippen molar-refractivity contribution in [2.45, 2.75) is 84.8 Å². The Hall–Kier alpha value is -3.25. The van der Waals surface area contributed by atoms with E-state index in [1.807, 2.05) is 48.5 Å². The van der Waals surface area contributed by atoms with Gasteiger partial charge >= 0.3 is 5.97 Å². The first kappa shape index (κ1) is 28.3. The number of carbonyl (C=O) groups is 1. The summed E-state index contributed by atoms with van der Waals surface area (Å²) in [4.78, 5) is 21.9. The number of hydrogen-bond donors (Lipinski definition) is 0. The van der Waals surface area contributed by atoms with Crippen LogP contribution in [-0.2, 0) is 9.53 Å². The van der Waals surface area contributed by atoms with Crippen LogP contribution in [0.15, 0.2) is 60.8 Å². The zero-order valence-corrected chi connectivity index (χ0v) is 22.6. The third-order valence-corrected chi connectivity index (χ3v) is 6.12. The van der Waals surface area contributed by atoms with E-state index in [-0.39, 0.29) is 6.10 Å². The highest BCUT2D eigenvalue weighted by atomic mass is 16.6. The van der Waals surface area contributed by atoms with Crippen molar-refractivity contribution in [2.75, 3.05) is 6.61 Å². The van der Waals surface area contributed by atoms with Crippen molar-refractivity contribution in [3.05, 3.63) is 60.8 Å². The molecule has 0 saturated heterocycles. The van der Waals surface area contributed by atoms with Gasteiger partial charge in [0, 0.05) is 23.9 Å². The summed E-state index contributed by atoms with van der Waals surface area (Å²) in [7, 11) is 0. The fourth-order valence-corrected chi connectivity index (χ4v) is 3.94. The summed E-state index contributed by atoms with van der Waals surface area (Å²) in [5.41, 5.74) is 2.25. The van der Waals surface area contributed by atoms with Gasteiger partial charge in [-0.05, 0) is 63.4 Å². The summed E-state index contributed by atoms with van der Waals surface area (Å²) in [6, 6.07) is 17.1. The topological polar surface area (TPSA) is 70.5 Å². The minimum absolute atomic E-state index is 0.147. The minimum atomic E-state index is -0.641. The van der Waals surface area contributed by atoms with Crippen LogP contribution in [0.25, 0.3) is 22.6 Å². The van der Waals surface area contributed by atoms with Crippen LogP contribution in [0.1, 0.15) is 72.6 Å². The molecule has 2 atom stereocenters. The Kier molecular flexibility index (Phi) is 11.6. The maximum atomic E-state index is 12.6. The second-order valence-electron chi connectivity index (χ2n) is 9.35. The molecule has 0 fully saturated rings. The molecule has 0 aliphatic carbocycles. The summed E-state index contributed by atoms with van der Waals surface area (Å²) in [6.45, 7) is 8.66. The molecular formula is C31H40N2O4. The highest BCUT2D eigenvalue weighted by Gasteiger charge is 2.19. The highest BCUT2D eigenvalue weighted by Crippen LogP contribution is 2.30. The molecule has 0 radical (unpaired) electrons. The molecule has 0 bridgehead atoms. The Bertz CT molecular complexity index is 1120. The van der Waals surface area contributed by atoms with Gasteiger partial charge in [-0.15, -0.1) is 0 Å². The smallest absolute Gasteiger partial charge is 0.340 e. The largest absolute Gasteiger partial charge is 0.491 e. The molecule has 0 amide bonds. The summed E-state index contributed by atoms with van der Waals surface area (Å²) >= 11 is 0. The number of aromatic nitrogens is 2. The van der Waals surface area contributed by atoms with Crippen molar-refractivity contribution < 1.29 is 19.0 Å². The molecule has 3 aromatic rings. The number of carbonyl (C=O) groups excluding carboxylic acids is 1. The van der Waals surface area contributed by atoms with Crippen molar-refractivity contribution in [2.24, 2.45) is 0 Å². The lowest BCUT2D eigenvalue weighted by Gasteiger charge is -2.15. The third-order valence-electron chi connectivity index (χ3n) is 6.12. The summed E-state index contributed by atoms with van der Waals surface area (Å²) < 4.78 is 17.5. The van der Waals surface area contributed by atoms with Crippen LogP contribution < -0.4 is 9.47 Å². The number of unbranched alkanes of at least 4 members (excludes halogenated alkanes) is 4. The van der Waals surface area contributed by atoms with Gasteiger partial charge in [-0.1, -0.05) is 63.8 Å². The van der Waals surface area contributed by atoms with Gasteiger partial charge in [-0.3, -0.25) is 0 Å². The van der Waals surface area contributed by atoms with E-state index >= 15 is 0 Å². The lowest BCUT2D eigenvalue weighted by Crippen LogP contribution is -2.26. The highest BCUT2D eigenvalue weighted by molar-refractivity contribution is 5.80. The normalized spacial score (nSPS) is 12.6. The first-order valence-electron chi connectivity index (χ1n) is 13.5. The zero-order chi connectivity index (χ0) is 26.5. The molecule has 2 aromatic carbocycles. The second kappa shape index (κ2) is 15.1. The standard InChI is InChI=1S/C31H40N2O4/c1-5-7-9-10-14-23(3)36-26-16-13-15-25(22-26)30-32-20-19-28(33-30)27-17-11-12-18-29(27)37-31(34)24(4)35-21-8-6-2/h11-13,15-20,22-24H,5-10,14,21H2,1-4H3/t23-,24?/m1/s1. The number of benzene rings is 2. The van der Waals surface area contributed by atoms with Gasteiger partial charge in [-0.2, -0.15) is 0 Å². The fourth-order valence-electron chi connectivity index (χ4n) is 3.94. The molecule has 1 aromatic heterocycles. The van der Waals surface area contributed by atoms with E-state index in [4.69, 9.17) is 19.2 Å². The summed E-state index contributed by atoms with van der Waals surface area (Å²) in [6.07, 6.45) is 9.09. The van der Waals surface area contributed by atoms with Gasteiger partial charge in [0.25, 0.3) is 0 Å². The van der Waals surface area contributed by atoms with Crippen LogP contribution in [0.4, 0.5) is 0 Å². The first-order chi connectivity index (χ1) is 18.0. The van der Waals surface area contributed by atoms with Crippen LogP contribution in [-0.4, -0.2) is 34.8 Å². The SMILES string of the molecule is CCCCCC[C@@H](C)Oc1cccc(-c2nccc(-c3ccccc3OC(=O)C(C)OCCCC)n2)c1. The van der Waals surface area contributed by atoms with E-state index in [9.17, 15) is 4.79 Å². The summed E-state index contributed by atoms with van der Waals surface area (Å²) in [5.74, 6) is 1.40. The Balaban J connectivity index is 1.73. The van der Waals surface area contributed by atoms with Gasteiger partial charge < -0.3 is 14.2 Å². The van der Waals surface area contributed by atoms with Crippen LogP contribution >= 0.6 is 0 Å². The third kappa shape index (κ3) is 8.97. The first-order valence-corrected chi connectivity index (χ1v) is 13.5. The molecule has 0 saturated carbocycles. The Morgan fingerprint density at radius 2 is 1.73 bits per heavy atom. The van der Waals surface area contributed by atoms with Gasteiger partial charge in [0.2, 0.25) is 0 Å². The predicted molar refractivity (Wildman–Crippen MR) is 148 cm³/mol. The zero-order valence-electron chi connectivity index (χ0n) is 22.6. The van der Waals surface area contributed by atoms with Crippen LogP contribution in [0.5, 0.6) is 11.5 Å². The van der Waals surface area contributed by atoms with E-state index in [2.05, 4.69) is 25.8 Å². The number of para-hydroxylation sites is 1. The molecule has 1 unspecified atom stereocenters. The number of rotatable bonds is 15. The van der Waals surface area contributed by atoms with Gasteiger partial charge in [0.1, 0.15) is 11.5 Å². The second-order valence-corrected chi connectivity index (χ2v) is 9.35. The Morgan fingerprint density at radius 1 is 0.919 bits per heavy atom. The van der Waals surface area contributed by atoms with Crippen molar-refractivity contribution >= 4 is 5.97 Å². The molecule has 198 valence electrons. The molecule has 1 heterocycles. The number of nitrogens with zero attached hydrogens (tertiary/aromatic N) is 2. The minimum Gasteiger partial charge on any atom is -0.491 e. The monoisotopic (exact) mass is 504 g/mol. The molecule has 6 heteroatoms. The molecule has 3 rings (SSSR count). The van der Waals surface area contributed by atoms with E-state index in [1.54, 1.807) is 19.2 Å². The van der Waals surface area contributed by atoms with Crippen LogP contribution in [0.2, 0.25) is 0 Å². The quantitative estimate of drug-likeness (QED) is 0.120. The molecule has 0 N–H and O–H groups in total. The average Bonchev–Trinajstić information content (AvgIpc) is 2.91.